The quantitative estimate of drug-likeness (QED) is 0.311. The van der Waals surface area contributed by atoms with Crippen LogP contribution in [-0.2, 0) is 14.9 Å². The fourth-order valence-electron chi connectivity index (χ4n) is 3.25. The zero-order chi connectivity index (χ0) is 21.6. The van der Waals surface area contributed by atoms with Gasteiger partial charge in [-0.05, 0) is 48.0 Å². The Hall–Kier alpha value is -1.67. The van der Waals surface area contributed by atoms with Gasteiger partial charge >= 0.3 is 0 Å². The number of hydrogen-bond donors (Lipinski definition) is 3. The Morgan fingerprint density at radius 1 is 0.793 bits per heavy atom. The summed E-state index contributed by atoms with van der Waals surface area (Å²) in [4.78, 5) is 0. The maximum atomic E-state index is 13.0. The first-order valence-electron chi connectivity index (χ1n) is 7.89. The zero-order valence-corrected chi connectivity index (χ0v) is 18.1. The zero-order valence-electron chi connectivity index (χ0n) is 14.3. The van der Waals surface area contributed by atoms with Crippen molar-refractivity contribution in [2.24, 2.45) is 0 Å². The van der Waals surface area contributed by atoms with E-state index in [4.69, 9.17) is 46.4 Å². The molecule has 1 unspecified atom stereocenters. The molecule has 0 aliphatic rings. The van der Waals surface area contributed by atoms with E-state index in [1.807, 2.05) is 0 Å². The molecule has 0 saturated carbocycles. The number of halogens is 4. The van der Waals surface area contributed by atoms with Gasteiger partial charge in [-0.15, -0.1) is 0 Å². The minimum atomic E-state index is -5.14. The van der Waals surface area contributed by atoms with Crippen molar-refractivity contribution in [3.05, 3.63) is 91.4 Å². The van der Waals surface area contributed by atoms with Gasteiger partial charge in [-0.1, -0.05) is 58.5 Å². The summed E-state index contributed by atoms with van der Waals surface area (Å²) < 4.78 is 33.9. The molecule has 3 rings (SSSR count). The van der Waals surface area contributed by atoms with Crippen molar-refractivity contribution in [3.8, 4) is 11.5 Å². The average Bonchev–Trinajstić information content (AvgIpc) is 2.59. The molecule has 0 amide bonds. The topological polar surface area (TPSA) is 94.8 Å². The molecular formula is C19H12Cl4O5S. The molecule has 0 heterocycles. The maximum Gasteiger partial charge on any atom is 0.283 e. The Bertz CT molecular complexity index is 1190. The summed E-state index contributed by atoms with van der Waals surface area (Å²) >= 11 is 24.6. The second-order valence-corrected chi connectivity index (χ2v) is 9.36. The predicted octanol–water partition coefficient (Wildman–Crippen LogP) is 5.89. The van der Waals surface area contributed by atoms with Crippen LogP contribution in [0, 0.1) is 0 Å². The predicted molar refractivity (Wildman–Crippen MR) is 114 cm³/mol. The van der Waals surface area contributed by atoms with Gasteiger partial charge in [0.1, 0.15) is 11.5 Å². The fraction of sp³-hybridized carbons (Fsp3) is 0.0526. The first-order valence-corrected chi connectivity index (χ1v) is 10.8. The largest absolute Gasteiger partial charge is 0.508 e. The number of phenolic OH excluding ortho intramolecular Hbond substituents is 2. The highest BCUT2D eigenvalue weighted by Gasteiger charge is 2.52. The van der Waals surface area contributed by atoms with E-state index in [2.05, 4.69) is 0 Å². The van der Waals surface area contributed by atoms with Crippen molar-refractivity contribution < 1.29 is 23.2 Å². The average molecular weight is 494 g/mol. The standard InChI is InChI=1S/C19H12Cl4O5S/c20-11-3-1-2-10(6-11)19(29(26,27)28,14-9-13(24)4-5-15(14)22)18-16(23)7-12(21)8-17(18)25/h1-9,24-25H,(H,26,27,28). The number of aromatic hydroxyl groups is 2. The van der Waals surface area contributed by atoms with Crippen LogP contribution in [0.25, 0.3) is 0 Å². The molecule has 0 bridgehead atoms. The van der Waals surface area contributed by atoms with E-state index in [0.717, 1.165) is 12.1 Å². The highest BCUT2D eigenvalue weighted by atomic mass is 35.5. The van der Waals surface area contributed by atoms with E-state index < -0.39 is 26.2 Å². The molecule has 5 nitrogen and oxygen atoms in total. The molecule has 0 aromatic heterocycles. The molecule has 0 radical (unpaired) electrons. The molecule has 0 saturated heterocycles. The van der Waals surface area contributed by atoms with E-state index in [1.165, 1.54) is 42.5 Å². The normalized spacial score (nSPS) is 13.8. The third kappa shape index (κ3) is 3.77. The second kappa shape index (κ2) is 7.87. The molecule has 152 valence electrons. The van der Waals surface area contributed by atoms with Crippen molar-refractivity contribution >= 4 is 56.5 Å². The lowest BCUT2D eigenvalue weighted by Crippen LogP contribution is -2.39. The molecule has 0 spiro atoms. The van der Waals surface area contributed by atoms with Crippen LogP contribution < -0.4 is 0 Å². The summed E-state index contributed by atoms with van der Waals surface area (Å²) in [5, 5.41) is 20.5. The Labute approximate surface area is 186 Å². The lowest BCUT2D eigenvalue weighted by atomic mass is 9.83. The second-order valence-electron chi connectivity index (χ2n) is 6.11. The lowest BCUT2D eigenvalue weighted by molar-refractivity contribution is 0.439. The first kappa shape index (κ1) is 22.0. The number of rotatable bonds is 4. The third-order valence-electron chi connectivity index (χ3n) is 4.33. The highest BCUT2D eigenvalue weighted by molar-refractivity contribution is 7.87. The fourth-order valence-corrected chi connectivity index (χ4v) is 5.78. The van der Waals surface area contributed by atoms with Crippen molar-refractivity contribution in [1.82, 2.24) is 0 Å². The van der Waals surface area contributed by atoms with Crippen molar-refractivity contribution in [2.45, 2.75) is 4.75 Å². The smallest absolute Gasteiger partial charge is 0.283 e. The Morgan fingerprint density at radius 3 is 2.07 bits per heavy atom. The molecule has 29 heavy (non-hydrogen) atoms. The van der Waals surface area contributed by atoms with Crippen molar-refractivity contribution in [1.29, 1.82) is 0 Å². The number of hydrogen-bond acceptors (Lipinski definition) is 4. The minimum Gasteiger partial charge on any atom is -0.508 e. The summed E-state index contributed by atoms with van der Waals surface area (Å²) in [6.07, 6.45) is 0. The molecular weight excluding hydrogens is 482 g/mol. The minimum absolute atomic E-state index is 0.0357. The van der Waals surface area contributed by atoms with Gasteiger partial charge in [0, 0.05) is 26.2 Å². The Kier molecular flexibility index (Phi) is 5.98. The summed E-state index contributed by atoms with van der Waals surface area (Å²) in [7, 11) is -5.14. The van der Waals surface area contributed by atoms with Crippen LogP contribution in [0.1, 0.15) is 16.7 Å². The molecule has 0 aliphatic carbocycles. The SMILES string of the molecule is O=S(=O)(O)C(c1cccc(Cl)c1)(c1cc(O)ccc1Cl)c1c(O)cc(Cl)cc1Cl. The van der Waals surface area contributed by atoms with Crippen LogP contribution in [0.4, 0.5) is 0 Å². The van der Waals surface area contributed by atoms with E-state index in [1.54, 1.807) is 0 Å². The summed E-state index contributed by atoms with van der Waals surface area (Å²) in [6.45, 7) is 0. The molecule has 1 atom stereocenters. The van der Waals surface area contributed by atoms with Crippen LogP contribution in [-0.4, -0.2) is 23.2 Å². The van der Waals surface area contributed by atoms with Crippen LogP contribution >= 0.6 is 46.4 Å². The summed E-state index contributed by atoms with van der Waals surface area (Å²) in [5.74, 6) is -0.941. The molecule has 0 fully saturated rings. The summed E-state index contributed by atoms with van der Waals surface area (Å²) in [5.41, 5.74) is -0.719. The van der Waals surface area contributed by atoms with Gasteiger partial charge in [0.2, 0.25) is 0 Å². The lowest BCUT2D eigenvalue weighted by Gasteiger charge is -2.34. The van der Waals surface area contributed by atoms with Crippen LogP contribution in [0.2, 0.25) is 20.1 Å². The van der Waals surface area contributed by atoms with E-state index in [0.29, 0.717) is 0 Å². The first-order chi connectivity index (χ1) is 13.5. The van der Waals surface area contributed by atoms with E-state index >= 15 is 0 Å². The van der Waals surface area contributed by atoms with Crippen molar-refractivity contribution in [3.63, 3.8) is 0 Å². The van der Waals surface area contributed by atoms with Crippen LogP contribution in [0.5, 0.6) is 11.5 Å². The summed E-state index contributed by atoms with van der Waals surface area (Å²) in [6, 6.07) is 11.4. The van der Waals surface area contributed by atoms with Crippen LogP contribution in [0.15, 0.2) is 54.6 Å². The third-order valence-corrected chi connectivity index (χ3v) is 6.85. The van der Waals surface area contributed by atoms with Gasteiger partial charge in [-0.3, -0.25) is 4.55 Å². The Morgan fingerprint density at radius 2 is 1.48 bits per heavy atom. The highest BCUT2D eigenvalue weighted by Crippen LogP contribution is 2.52. The van der Waals surface area contributed by atoms with Gasteiger partial charge in [0.05, 0.1) is 5.02 Å². The monoisotopic (exact) mass is 492 g/mol. The van der Waals surface area contributed by atoms with E-state index in [9.17, 15) is 23.2 Å². The van der Waals surface area contributed by atoms with Gasteiger partial charge < -0.3 is 10.2 Å². The number of benzene rings is 3. The molecule has 3 aromatic rings. The Balaban J connectivity index is 2.65. The molecule has 10 heteroatoms. The number of phenols is 2. The van der Waals surface area contributed by atoms with Crippen LogP contribution in [0.3, 0.4) is 0 Å². The molecule has 0 aliphatic heterocycles. The van der Waals surface area contributed by atoms with Gasteiger partial charge in [-0.2, -0.15) is 8.42 Å². The van der Waals surface area contributed by atoms with Gasteiger partial charge in [0.15, 0.2) is 4.75 Å². The van der Waals surface area contributed by atoms with Crippen molar-refractivity contribution in [2.75, 3.05) is 0 Å². The maximum absolute atomic E-state index is 13.0. The van der Waals surface area contributed by atoms with E-state index in [-0.39, 0.29) is 37.0 Å². The molecule has 3 aromatic carbocycles. The molecule has 3 N–H and O–H groups in total. The van der Waals surface area contributed by atoms with Gasteiger partial charge in [0.25, 0.3) is 10.1 Å². The van der Waals surface area contributed by atoms with Gasteiger partial charge in [-0.25, -0.2) is 0 Å².